The lowest BCUT2D eigenvalue weighted by atomic mass is 10.2. The molecule has 1 aromatic carbocycles. The first-order valence-corrected chi connectivity index (χ1v) is 5.66. The average molecular weight is 238 g/mol. The minimum absolute atomic E-state index is 0.0178. The fraction of sp³-hybridized carbons (Fsp3) is 0.417. The number of hydrogen-bond acceptors (Lipinski definition) is 2. The van der Waals surface area contributed by atoms with E-state index in [9.17, 15) is 9.18 Å². The summed E-state index contributed by atoms with van der Waals surface area (Å²) in [4.78, 5) is 12.4. The zero-order chi connectivity index (χ0) is 12.3. The molecule has 0 aromatic heterocycles. The Morgan fingerprint density at radius 1 is 1.59 bits per heavy atom. The first-order valence-electron chi connectivity index (χ1n) is 5.66. The zero-order valence-electron chi connectivity index (χ0n) is 9.40. The van der Waals surface area contributed by atoms with E-state index in [1.165, 1.54) is 17.0 Å². The van der Waals surface area contributed by atoms with Crippen molar-refractivity contribution in [2.75, 3.05) is 18.4 Å². The maximum absolute atomic E-state index is 12.9. The van der Waals surface area contributed by atoms with E-state index in [1.807, 2.05) is 0 Å². The Bertz CT molecular complexity index is 411. The summed E-state index contributed by atoms with van der Waals surface area (Å²) in [5.74, 6) is -0.295. The van der Waals surface area contributed by atoms with Gasteiger partial charge < -0.3 is 15.3 Å². The van der Waals surface area contributed by atoms with E-state index < -0.39 is 6.09 Å². The number of likely N-dealkylation sites (tertiary alicyclic amines) is 1. The Morgan fingerprint density at radius 2 is 2.41 bits per heavy atom. The number of nitrogens with one attached hydrogen (secondary N) is 1. The molecule has 2 rings (SSSR count). The topological polar surface area (TPSA) is 52.6 Å². The molecule has 1 aliphatic rings. The SMILES string of the molecule is O=C(O)N1CCC[C@@H]1CNc1cccc(F)c1. The third-order valence-electron chi connectivity index (χ3n) is 2.99. The van der Waals surface area contributed by atoms with Crippen LogP contribution in [0.4, 0.5) is 14.9 Å². The highest BCUT2D eigenvalue weighted by Crippen LogP contribution is 2.18. The molecule has 0 radical (unpaired) electrons. The summed E-state index contributed by atoms with van der Waals surface area (Å²) in [7, 11) is 0. The van der Waals surface area contributed by atoms with Crippen LogP contribution in [0.1, 0.15) is 12.8 Å². The van der Waals surface area contributed by atoms with Gasteiger partial charge in [0.05, 0.1) is 6.04 Å². The van der Waals surface area contributed by atoms with E-state index in [-0.39, 0.29) is 11.9 Å². The van der Waals surface area contributed by atoms with Gasteiger partial charge in [-0.05, 0) is 31.0 Å². The highest BCUT2D eigenvalue weighted by atomic mass is 19.1. The van der Waals surface area contributed by atoms with Gasteiger partial charge in [0.1, 0.15) is 5.82 Å². The first-order chi connectivity index (χ1) is 8.16. The van der Waals surface area contributed by atoms with E-state index in [0.29, 0.717) is 18.8 Å². The van der Waals surface area contributed by atoms with Crippen LogP contribution in [0.15, 0.2) is 24.3 Å². The maximum atomic E-state index is 12.9. The summed E-state index contributed by atoms with van der Waals surface area (Å²) >= 11 is 0. The van der Waals surface area contributed by atoms with Crippen LogP contribution in [0.25, 0.3) is 0 Å². The van der Waals surface area contributed by atoms with E-state index >= 15 is 0 Å². The Morgan fingerprint density at radius 3 is 3.12 bits per heavy atom. The second-order valence-electron chi connectivity index (χ2n) is 4.16. The summed E-state index contributed by atoms with van der Waals surface area (Å²) in [5.41, 5.74) is 0.683. The number of anilines is 1. The number of carbonyl (C=O) groups is 1. The van der Waals surface area contributed by atoms with Crippen molar-refractivity contribution in [3.05, 3.63) is 30.1 Å². The summed E-state index contributed by atoms with van der Waals surface area (Å²) in [5, 5.41) is 12.0. The lowest BCUT2D eigenvalue weighted by Gasteiger charge is -2.22. The van der Waals surface area contributed by atoms with Gasteiger partial charge in [-0.15, -0.1) is 0 Å². The van der Waals surface area contributed by atoms with E-state index in [4.69, 9.17) is 5.11 Å². The molecule has 1 aliphatic heterocycles. The normalized spacial score (nSPS) is 19.4. The largest absolute Gasteiger partial charge is 0.465 e. The number of nitrogens with zero attached hydrogens (tertiary/aromatic N) is 1. The Hall–Kier alpha value is -1.78. The van der Waals surface area contributed by atoms with Crippen LogP contribution in [0.2, 0.25) is 0 Å². The van der Waals surface area contributed by atoms with E-state index in [2.05, 4.69) is 5.32 Å². The summed E-state index contributed by atoms with van der Waals surface area (Å²) < 4.78 is 12.9. The third kappa shape index (κ3) is 2.87. The zero-order valence-corrected chi connectivity index (χ0v) is 9.40. The van der Waals surface area contributed by atoms with Gasteiger partial charge in [0.2, 0.25) is 0 Å². The van der Waals surface area contributed by atoms with Crippen molar-refractivity contribution < 1.29 is 14.3 Å². The molecule has 1 fully saturated rings. The van der Waals surface area contributed by atoms with E-state index in [1.54, 1.807) is 12.1 Å². The number of carboxylic acid groups (broad SMARTS) is 1. The molecule has 1 saturated heterocycles. The molecule has 0 spiro atoms. The van der Waals surface area contributed by atoms with Crippen LogP contribution < -0.4 is 5.32 Å². The van der Waals surface area contributed by atoms with Crippen molar-refractivity contribution in [1.29, 1.82) is 0 Å². The molecule has 1 atom stereocenters. The molecule has 0 saturated carbocycles. The highest BCUT2D eigenvalue weighted by molar-refractivity contribution is 5.66. The predicted molar refractivity (Wildman–Crippen MR) is 62.6 cm³/mol. The molecule has 0 bridgehead atoms. The number of benzene rings is 1. The van der Waals surface area contributed by atoms with Gasteiger partial charge in [-0.1, -0.05) is 6.07 Å². The molecular weight excluding hydrogens is 223 g/mol. The first kappa shape index (κ1) is 11.7. The van der Waals surface area contributed by atoms with Crippen LogP contribution in [0, 0.1) is 5.82 Å². The lowest BCUT2D eigenvalue weighted by molar-refractivity contribution is 0.142. The van der Waals surface area contributed by atoms with Crippen molar-refractivity contribution in [2.24, 2.45) is 0 Å². The van der Waals surface area contributed by atoms with Crippen LogP contribution in [0.5, 0.6) is 0 Å². The second-order valence-corrected chi connectivity index (χ2v) is 4.16. The lowest BCUT2D eigenvalue weighted by Crippen LogP contribution is -2.38. The van der Waals surface area contributed by atoms with Gasteiger partial charge >= 0.3 is 6.09 Å². The van der Waals surface area contributed by atoms with Crippen LogP contribution in [0.3, 0.4) is 0 Å². The summed E-state index contributed by atoms with van der Waals surface area (Å²) in [6.45, 7) is 1.11. The van der Waals surface area contributed by atoms with Crippen LogP contribution >= 0.6 is 0 Å². The molecule has 1 aromatic rings. The minimum atomic E-state index is -0.881. The molecule has 5 heteroatoms. The fourth-order valence-electron chi connectivity index (χ4n) is 2.13. The monoisotopic (exact) mass is 238 g/mol. The quantitative estimate of drug-likeness (QED) is 0.850. The van der Waals surface area contributed by atoms with Crippen molar-refractivity contribution in [1.82, 2.24) is 4.90 Å². The third-order valence-corrected chi connectivity index (χ3v) is 2.99. The van der Waals surface area contributed by atoms with Gasteiger partial charge in [0.15, 0.2) is 0 Å². The molecule has 1 heterocycles. The number of hydrogen-bond donors (Lipinski definition) is 2. The summed E-state index contributed by atoms with van der Waals surface area (Å²) in [6, 6.07) is 6.16. The van der Waals surface area contributed by atoms with Gasteiger partial charge in [0, 0.05) is 18.8 Å². The van der Waals surface area contributed by atoms with Crippen LogP contribution in [-0.2, 0) is 0 Å². The Labute approximate surface area is 99.0 Å². The molecule has 4 nitrogen and oxygen atoms in total. The Kier molecular flexibility index (Phi) is 3.46. The molecule has 1 amide bonds. The molecule has 0 aliphatic carbocycles. The summed E-state index contributed by atoms with van der Waals surface area (Å²) in [6.07, 6.45) is 0.865. The van der Waals surface area contributed by atoms with Crippen molar-refractivity contribution in [2.45, 2.75) is 18.9 Å². The standard InChI is InChI=1S/C12H15FN2O2/c13-9-3-1-4-10(7-9)14-8-11-5-2-6-15(11)12(16)17/h1,3-4,7,11,14H,2,5-6,8H2,(H,16,17)/t11-/m1/s1. The maximum Gasteiger partial charge on any atom is 0.407 e. The Balaban J connectivity index is 1.91. The second kappa shape index (κ2) is 5.03. The minimum Gasteiger partial charge on any atom is -0.465 e. The van der Waals surface area contributed by atoms with Gasteiger partial charge in [-0.2, -0.15) is 0 Å². The highest BCUT2D eigenvalue weighted by Gasteiger charge is 2.27. The van der Waals surface area contributed by atoms with Crippen molar-refractivity contribution in [3.8, 4) is 0 Å². The molecule has 2 N–H and O–H groups in total. The molecule has 0 unspecified atom stereocenters. The van der Waals surface area contributed by atoms with Gasteiger partial charge in [-0.25, -0.2) is 9.18 Å². The smallest absolute Gasteiger partial charge is 0.407 e. The number of rotatable bonds is 3. The fourth-order valence-corrected chi connectivity index (χ4v) is 2.13. The van der Waals surface area contributed by atoms with E-state index in [0.717, 1.165) is 12.8 Å². The van der Waals surface area contributed by atoms with Crippen molar-refractivity contribution in [3.63, 3.8) is 0 Å². The van der Waals surface area contributed by atoms with Gasteiger partial charge in [0.25, 0.3) is 0 Å². The molecule has 17 heavy (non-hydrogen) atoms. The predicted octanol–water partition coefficient (Wildman–Crippen LogP) is 2.38. The van der Waals surface area contributed by atoms with Crippen molar-refractivity contribution >= 4 is 11.8 Å². The average Bonchev–Trinajstić information content (AvgIpc) is 2.74. The number of halogens is 1. The molecular formula is C12H15FN2O2. The molecule has 92 valence electrons. The number of amides is 1. The van der Waals surface area contributed by atoms with Gasteiger partial charge in [-0.3, -0.25) is 0 Å². The van der Waals surface area contributed by atoms with Crippen LogP contribution in [-0.4, -0.2) is 35.2 Å².